The topological polar surface area (TPSA) is 32.3 Å². The van der Waals surface area contributed by atoms with Gasteiger partial charge in [-0.3, -0.25) is 0 Å². The molecule has 4 nitrogen and oxygen atoms in total. The lowest BCUT2D eigenvalue weighted by atomic mass is 10.1. The van der Waals surface area contributed by atoms with Crippen LogP contribution in [0.3, 0.4) is 0 Å². The molecule has 1 aliphatic rings. The first-order chi connectivity index (χ1) is 9.86. The van der Waals surface area contributed by atoms with Crippen LogP contribution in [0.5, 0.6) is 0 Å². The number of aromatic nitrogens is 2. The molecule has 0 fully saturated rings. The van der Waals surface area contributed by atoms with Crippen LogP contribution < -0.4 is 9.62 Å². The third-order valence-corrected chi connectivity index (χ3v) is 3.11. The second-order valence-corrected chi connectivity index (χ2v) is 4.65. The third kappa shape index (κ3) is 2.66. The van der Waals surface area contributed by atoms with Crippen molar-refractivity contribution in [2.24, 2.45) is 0 Å². The van der Waals surface area contributed by atoms with Crippen LogP contribution in [-0.2, 0) is 6.42 Å². The maximum atomic E-state index is 4.67. The van der Waals surface area contributed by atoms with E-state index in [-0.39, 0.29) is 0 Å². The molecule has 3 rings (SSSR count). The minimum absolute atomic E-state index is 0.899. The predicted octanol–water partition coefficient (Wildman–Crippen LogP) is 2.76. The van der Waals surface area contributed by atoms with Crippen LogP contribution in [0, 0.1) is 0 Å². The van der Waals surface area contributed by atoms with E-state index in [4.69, 9.17) is 0 Å². The van der Waals surface area contributed by atoms with Crippen LogP contribution in [0.2, 0.25) is 0 Å². The second kappa shape index (κ2) is 5.78. The maximum Gasteiger partial charge on any atom is 0.402 e. The summed E-state index contributed by atoms with van der Waals surface area (Å²) < 4.78 is 0. The number of nitrogens with zero attached hydrogens (tertiary/aromatic N) is 4. The Morgan fingerprint density at radius 3 is 2.55 bits per heavy atom. The lowest BCUT2D eigenvalue weighted by Gasteiger charge is -2.18. The molecule has 0 saturated carbocycles. The molecule has 0 spiro atoms. The number of pyridine rings is 2. The standard InChI is InChI=1S/C15H16BN4/c1-2-6-13-7-5-9-15(18-13)20-12-11-19(16-20)14-8-3-4-10-17-14/h3-5,7-12H,2,6H2,1H3. The first-order valence-corrected chi connectivity index (χ1v) is 6.84. The molecule has 2 aromatic rings. The fraction of sp³-hybridized carbons (Fsp3) is 0.200. The van der Waals surface area contributed by atoms with Gasteiger partial charge in [0.05, 0.1) is 0 Å². The van der Waals surface area contributed by atoms with Gasteiger partial charge in [0, 0.05) is 24.3 Å². The minimum Gasteiger partial charge on any atom is -0.358 e. The molecular formula is C15H16BN4. The lowest BCUT2D eigenvalue weighted by molar-refractivity contribution is 0.882. The number of rotatable bonds is 4. The van der Waals surface area contributed by atoms with Crippen molar-refractivity contribution < 1.29 is 0 Å². The maximum absolute atomic E-state index is 4.67. The van der Waals surface area contributed by atoms with Gasteiger partial charge in [0.15, 0.2) is 0 Å². The Labute approximate surface area is 120 Å². The molecule has 0 bridgehead atoms. The molecular weight excluding hydrogens is 247 g/mol. The van der Waals surface area contributed by atoms with Gasteiger partial charge in [-0.2, -0.15) is 0 Å². The van der Waals surface area contributed by atoms with Crippen LogP contribution in [0.25, 0.3) is 0 Å². The largest absolute Gasteiger partial charge is 0.402 e. The summed E-state index contributed by atoms with van der Waals surface area (Å²) in [6.07, 6.45) is 7.88. The number of aryl methyl sites for hydroxylation is 1. The summed E-state index contributed by atoms with van der Waals surface area (Å²) in [5, 5.41) is 0. The fourth-order valence-corrected chi connectivity index (χ4v) is 2.14. The van der Waals surface area contributed by atoms with Gasteiger partial charge in [-0.1, -0.05) is 25.5 Å². The van der Waals surface area contributed by atoms with Crippen molar-refractivity contribution in [2.75, 3.05) is 9.62 Å². The van der Waals surface area contributed by atoms with Crippen molar-refractivity contribution in [3.63, 3.8) is 0 Å². The molecule has 0 N–H and O–H groups in total. The molecule has 1 aliphatic heterocycles. The molecule has 3 heterocycles. The van der Waals surface area contributed by atoms with E-state index in [1.165, 1.54) is 0 Å². The zero-order chi connectivity index (χ0) is 13.8. The van der Waals surface area contributed by atoms with Crippen LogP contribution in [0.4, 0.5) is 11.6 Å². The SMILES string of the molecule is CCCc1cccc(N2[B]N(c3ccccn3)C=C2)n1. The quantitative estimate of drug-likeness (QED) is 0.794. The Bertz CT molecular complexity index is 600. The first kappa shape index (κ1) is 12.7. The van der Waals surface area contributed by atoms with E-state index in [1.807, 2.05) is 53.8 Å². The summed E-state index contributed by atoms with van der Waals surface area (Å²) >= 11 is 0. The molecule has 0 aromatic carbocycles. The lowest BCUT2D eigenvalue weighted by Crippen LogP contribution is -2.30. The molecule has 0 unspecified atom stereocenters. The second-order valence-electron chi connectivity index (χ2n) is 4.65. The zero-order valence-electron chi connectivity index (χ0n) is 11.5. The molecule has 0 atom stereocenters. The number of anilines is 2. The minimum atomic E-state index is 0.899. The van der Waals surface area contributed by atoms with E-state index in [0.29, 0.717) is 0 Å². The summed E-state index contributed by atoms with van der Waals surface area (Å²) in [4.78, 5) is 13.0. The average Bonchev–Trinajstić information content (AvgIpc) is 2.99. The average molecular weight is 263 g/mol. The fourth-order valence-electron chi connectivity index (χ4n) is 2.14. The van der Waals surface area contributed by atoms with Gasteiger partial charge in [-0.15, -0.1) is 0 Å². The highest BCUT2D eigenvalue weighted by Crippen LogP contribution is 2.19. The highest BCUT2D eigenvalue weighted by molar-refractivity contribution is 6.49. The van der Waals surface area contributed by atoms with Gasteiger partial charge < -0.3 is 9.62 Å². The van der Waals surface area contributed by atoms with E-state index >= 15 is 0 Å². The van der Waals surface area contributed by atoms with Crippen molar-refractivity contribution in [1.29, 1.82) is 0 Å². The molecule has 0 amide bonds. The molecule has 99 valence electrons. The molecule has 1 radical (unpaired) electrons. The third-order valence-electron chi connectivity index (χ3n) is 3.11. The Kier molecular flexibility index (Phi) is 3.68. The van der Waals surface area contributed by atoms with Crippen molar-refractivity contribution in [1.82, 2.24) is 9.97 Å². The number of hydrogen-bond donors (Lipinski definition) is 0. The normalized spacial score (nSPS) is 13.7. The zero-order valence-corrected chi connectivity index (χ0v) is 11.5. The van der Waals surface area contributed by atoms with E-state index in [0.717, 1.165) is 30.2 Å². The first-order valence-electron chi connectivity index (χ1n) is 6.84. The van der Waals surface area contributed by atoms with E-state index < -0.39 is 0 Å². The summed E-state index contributed by atoms with van der Waals surface area (Å²) in [7, 11) is 1.99. The smallest absolute Gasteiger partial charge is 0.358 e. The van der Waals surface area contributed by atoms with E-state index in [9.17, 15) is 0 Å². The number of hydrogen-bond acceptors (Lipinski definition) is 4. The summed E-state index contributed by atoms with van der Waals surface area (Å²) in [6, 6.07) is 12.0. The molecule has 5 heteroatoms. The summed E-state index contributed by atoms with van der Waals surface area (Å²) in [6.45, 7) is 2.17. The molecule has 0 saturated heterocycles. The molecule has 0 aliphatic carbocycles. The summed E-state index contributed by atoms with van der Waals surface area (Å²) in [5.74, 6) is 1.83. The highest BCUT2D eigenvalue weighted by Gasteiger charge is 2.20. The van der Waals surface area contributed by atoms with Gasteiger partial charge >= 0.3 is 7.55 Å². The van der Waals surface area contributed by atoms with Crippen molar-refractivity contribution in [3.8, 4) is 0 Å². The van der Waals surface area contributed by atoms with E-state index in [2.05, 4.69) is 29.0 Å². The summed E-state index contributed by atoms with van der Waals surface area (Å²) in [5.41, 5.74) is 1.13. The Morgan fingerprint density at radius 2 is 1.80 bits per heavy atom. The van der Waals surface area contributed by atoms with Gasteiger partial charge in [-0.05, 0) is 30.7 Å². The van der Waals surface area contributed by atoms with E-state index in [1.54, 1.807) is 6.20 Å². The Morgan fingerprint density at radius 1 is 1.00 bits per heavy atom. The van der Waals surface area contributed by atoms with Gasteiger partial charge in [0.1, 0.15) is 11.6 Å². The van der Waals surface area contributed by atoms with Crippen molar-refractivity contribution in [3.05, 3.63) is 60.7 Å². The molecule has 2 aromatic heterocycles. The Hall–Kier alpha value is -2.30. The van der Waals surface area contributed by atoms with Gasteiger partial charge in [0.2, 0.25) is 0 Å². The van der Waals surface area contributed by atoms with Crippen molar-refractivity contribution in [2.45, 2.75) is 19.8 Å². The molecule has 20 heavy (non-hydrogen) atoms. The van der Waals surface area contributed by atoms with Crippen LogP contribution in [-0.4, -0.2) is 17.5 Å². The highest BCUT2D eigenvalue weighted by atomic mass is 15.3. The predicted molar refractivity (Wildman–Crippen MR) is 82.3 cm³/mol. The van der Waals surface area contributed by atoms with Gasteiger partial charge in [-0.25, -0.2) is 9.97 Å². The van der Waals surface area contributed by atoms with Crippen LogP contribution in [0.1, 0.15) is 19.0 Å². The Balaban J connectivity index is 1.74. The van der Waals surface area contributed by atoms with Crippen LogP contribution >= 0.6 is 0 Å². The monoisotopic (exact) mass is 263 g/mol. The van der Waals surface area contributed by atoms with Gasteiger partial charge in [0.25, 0.3) is 0 Å². The van der Waals surface area contributed by atoms with Crippen molar-refractivity contribution >= 4 is 19.2 Å². The van der Waals surface area contributed by atoms with Crippen LogP contribution in [0.15, 0.2) is 55.0 Å².